The smallest absolute Gasteiger partial charge is 0.317 e. The van der Waals surface area contributed by atoms with E-state index in [2.05, 4.69) is 0 Å². The number of ether oxygens (including phenoxy) is 2. The van der Waals surface area contributed by atoms with Gasteiger partial charge in [0, 0.05) is 6.42 Å². The Morgan fingerprint density at radius 1 is 1.06 bits per heavy atom. The van der Waals surface area contributed by atoms with Crippen molar-refractivity contribution >= 4 is 17.9 Å². The van der Waals surface area contributed by atoms with Crippen molar-refractivity contribution in [3.8, 4) is 0 Å². The van der Waals surface area contributed by atoms with Gasteiger partial charge >= 0.3 is 17.9 Å². The number of unbranched alkanes of at least 4 members (excludes halogenated alkanes) is 1. The van der Waals surface area contributed by atoms with Crippen molar-refractivity contribution < 1.29 is 29.0 Å². The van der Waals surface area contributed by atoms with Gasteiger partial charge in [-0.2, -0.15) is 0 Å². The Bertz CT molecular complexity index is 302. The van der Waals surface area contributed by atoms with Crippen molar-refractivity contribution in [2.24, 2.45) is 0 Å². The minimum Gasteiger partial charge on any atom is -0.481 e. The molecule has 1 N–H and O–H groups in total. The van der Waals surface area contributed by atoms with Gasteiger partial charge in [0.1, 0.15) is 12.0 Å². The number of carbonyl (C=O) groups is 3. The first-order chi connectivity index (χ1) is 8.20. The van der Waals surface area contributed by atoms with Crippen LogP contribution < -0.4 is 0 Å². The van der Waals surface area contributed by atoms with Crippen molar-refractivity contribution in [3.63, 3.8) is 0 Å². The fourth-order valence-corrected chi connectivity index (χ4v) is 1.11. The Hall–Kier alpha value is -1.59. The number of aliphatic carboxylic acids is 1. The Kier molecular flexibility index (Phi) is 7.00. The second-order valence-electron chi connectivity index (χ2n) is 4.83. The molecule has 6 heteroatoms. The van der Waals surface area contributed by atoms with Crippen LogP contribution in [0.1, 0.15) is 46.5 Å². The summed E-state index contributed by atoms with van der Waals surface area (Å²) in [5.41, 5.74) is -0.626. The summed E-state index contributed by atoms with van der Waals surface area (Å²) < 4.78 is 9.73. The predicted octanol–water partition coefficient (Wildman–Crippen LogP) is 1.52. The summed E-state index contributed by atoms with van der Waals surface area (Å²) in [6, 6.07) is 0. The van der Waals surface area contributed by atoms with Gasteiger partial charge in [0.15, 0.2) is 0 Å². The molecule has 0 radical (unpaired) electrons. The molecule has 0 saturated heterocycles. The lowest BCUT2D eigenvalue weighted by atomic mass is 10.2. The lowest BCUT2D eigenvalue weighted by Gasteiger charge is -2.19. The number of esters is 2. The summed E-state index contributed by atoms with van der Waals surface area (Å²) in [5, 5.41) is 8.38. The fourth-order valence-electron chi connectivity index (χ4n) is 1.11. The molecule has 0 atom stereocenters. The molecule has 0 aliphatic rings. The van der Waals surface area contributed by atoms with Gasteiger partial charge in [0.05, 0.1) is 6.61 Å². The SMILES string of the molecule is CC(C)(C)OC(=O)CC(=O)OCCCCC(=O)O. The molecule has 0 unspecified atom stereocenters. The summed E-state index contributed by atoms with van der Waals surface area (Å²) >= 11 is 0. The molecule has 18 heavy (non-hydrogen) atoms. The van der Waals surface area contributed by atoms with Crippen LogP contribution in [0.15, 0.2) is 0 Å². The molecule has 0 aromatic rings. The van der Waals surface area contributed by atoms with E-state index in [0.717, 1.165) is 0 Å². The molecule has 0 rings (SSSR count). The Morgan fingerprint density at radius 3 is 2.17 bits per heavy atom. The van der Waals surface area contributed by atoms with Gasteiger partial charge in [-0.3, -0.25) is 14.4 Å². The van der Waals surface area contributed by atoms with Crippen LogP contribution in [0, 0.1) is 0 Å². The summed E-state index contributed by atoms with van der Waals surface area (Å²) in [7, 11) is 0. The first kappa shape index (κ1) is 16.4. The van der Waals surface area contributed by atoms with Crippen LogP contribution in [0.5, 0.6) is 0 Å². The highest BCUT2D eigenvalue weighted by atomic mass is 16.6. The van der Waals surface area contributed by atoms with E-state index in [1.54, 1.807) is 20.8 Å². The van der Waals surface area contributed by atoms with E-state index in [-0.39, 0.29) is 13.0 Å². The zero-order valence-corrected chi connectivity index (χ0v) is 11.0. The molecule has 0 aromatic heterocycles. The number of carbonyl (C=O) groups excluding carboxylic acids is 2. The van der Waals surface area contributed by atoms with E-state index in [4.69, 9.17) is 14.6 Å². The van der Waals surface area contributed by atoms with Crippen LogP contribution >= 0.6 is 0 Å². The van der Waals surface area contributed by atoms with Gasteiger partial charge in [-0.1, -0.05) is 0 Å². The zero-order chi connectivity index (χ0) is 14.2. The maximum absolute atomic E-state index is 11.2. The average molecular weight is 260 g/mol. The van der Waals surface area contributed by atoms with Crippen LogP contribution in [-0.4, -0.2) is 35.2 Å². The van der Waals surface area contributed by atoms with Crippen molar-refractivity contribution in [2.45, 2.75) is 52.1 Å². The number of rotatable bonds is 7. The van der Waals surface area contributed by atoms with Crippen LogP contribution in [0.4, 0.5) is 0 Å². The molecule has 0 aliphatic heterocycles. The molecule has 0 spiro atoms. The summed E-state index contributed by atoms with van der Waals surface area (Å²) in [6.45, 7) is 5.25. The third kappa shape index (κ3) is 10.9. The van der Waals surface area contributed by atoms with Gasteiger partial charge < -0.3 is 14.6 Å². The van der Waals surface area contributed by atoms with Crippen molar-refractivity contribution in [1.82, 2.24) is 0 Å². The molecule has 0 heterocycles. The summed E-state index contributed by atoms with van der Waals surface area (Å²) in [6.07, 6.45) is 0.529. The molecule has 0 bridgehead atoms. The highest BCUT2D eigenvalue weighted by Crippen LogP contribution is 2.08. The molecule has 6 nitrogen and oxygen atoms in total. The van der Waals surface area contributed by atoms with Gasteiger partial charge in [0.2, 0.25) is 0 Å². The first-order valence-corrected chi connectivity index (χ1v) is 5.80. The van der Waals surface area contributed by atoms with Crippen LogP contribution in [0.2, 0.25) is 0 Å². The highest BCUT2D eigenvalue weighted by molar-refractivity contribution is 5.91. The summed E-state index contributed by atoms with van der Waals surface area (Å²) in [4.78, 5) is 32.6. The lowest BCUT2D eigenvalue weighted by molar-refractivity contribution is -0.161. The topological polar surface area (TPSA) is 89.9 Å². The third-order valence-electron chi connectivity index (χ3n) is 1.76. The first-order valence-electron chi connectivity index (χ1n) is 5.80. The largest absolute Gasteiger partial charge is 0.481 e. The zero-order valence-electron chi connectivity index (χ0n) is 11.0. The number of carboxylic acid groups (broad SMARTS) is 1. The minimum absolute atomic E-state index is 0.0453. The molecule has 0 fully saturated rings. The maximum atomic E-state index is 11.2. The van der Waals surface area contributed by atoms with Gasteiger partial charge in [-0.15, -0.1) is 0 Å². The third-order valence-corrected chi connectivity index (χ3v) is 1.76. The number of hydrogen-bond acceptors (Lipinski definition) is 5. The van der Waals surface area contributed by atoms with Crippen molar-refractivity contribution in [3.05, 3.63) is 0 Å². The van der Waals surface area contributed by atoms with Crippen LogP contribution in [0.3, 0.4) is 0 Å². The van der Waals surface area contributed by atoms with E-state index in [9.17, 15) is 14.4 Å². The number of hydrogen-bond donors (Lipinski definition) is 1. The van der Waals surface area contributed by atoms with E-state index in [1.807, 2.05) is 0 Å². The second kappa shape index (κ2) is 7.68. The maximum Gasteiger partial charge on any atom is 0.317 e. The van der Waals surface area contributed by atoms with Gasteiger partial charge in [-0.25, -0.2) is 0 Å². The Morgan fingerprint density at radius 2 is 1.67 bits per heavy atom. The molecule has 0 amide bonds. The highest BCUT2D eigenvalue weighted by Gasteiger charge is 2.19. The summed E-state index contributed by atoms with van der Waals surface area (Å²) in [5.74, 6) is -2.16. The van der Waals surface area contributed by atoms with E-state index < -0.39 is 29.9 Å². The van der Waals surface area contributed by atoms with Crippen LogP contribution in [0.25, 0.3) is 0 Å². The van der Waals surface area contributed by atoms with Crippen molar-refractivity contribution in [2.75, 3.05) is 6.61 Å². The number of carboxylic acids is 1. The van der Waals surface area contributed by atoms with Gasteiger partial charge in [0.25, 0.3) is 0 Å². The molecule has 0 saturated carbocycles. The fraction of sp³-hybridized carbons (Fsp3) is 0.750. The van der Waals surface area contributed by atoms with Gasteiger partial charge in [-0.05, 0) is 33.6 Å². The molecular formula is C12H20O6. The van der Waals surface area contributed by atoms with E-state index in [1.165, 1.54) is 0 Å². The molecule has 104 valence electrons. The quantitative estimate of drug-likeness (QED) is 0.424. The normalized spacial score (nSPS) is 10.8. The van der Waals surface area contributed by atoms with E-state index >= 15 is 0 Å². The molecule has 0 aromatic carbocycles. The monoisotopic (exact) mass is 260 g/mol. The average Bonchev–Trinajstić information content (AvgIpc) is 2.12. The predicted molar refractivity (Wildman–Crippen MR) is 62.9 cm³/mol. The minimum atomic E-state index is -0.880. The lowest BCUT2D eigenvalue weighted by Crippen LogP contribution is -2.25. The molecule has 0 aliphatic carbocycles. The van der Waals surface area contributed by atoms with Crippen molar-refractivity contribution in [1.29, 1.82) is 0 Å². The standard InChI is InChI=1S/C12H20O6/c1-12(2,3)18-11(16)8-10(15)17-7-5-4-6-9(13)14/h4-8H2,1-3H3,(H,13,14). The Labute approximate surface area is 106 Å². The Balaban J connectivity index is 3.65. The second-order valence-corrected chi connectivity index (χ2v) is 4.83. The molecular weight excluding hydrogens is 240 g/mol. The van der Waals surface area contributed by atoms with E-state index in [0.29, 0.717) is 12.8 Å². The van der Waals surface area contributed by atoms with Crippen LogP contribution in [-0.2, 0) is 23.9 Å².